The van der Waals surface area contributed by atoms with E-state index in [0.29, 0.717) is 13.1 Å². The van der Waals surface area contributed by atoms with Gasteiger partial charge in [-0.3, -0.25) is 4.90 Å². The lowest BCUT2D eigenvalue weighted by atomic mass is 10.1. The molecule has 1 aliphatic heterocycles. The predicted molar refractivity (Wildman–Crippen MR) is 85.3 cm³/mol. The molecule has 22 heavy (non-hydrogen) atoms. The van der Waals surface area contributed by atoms with Crippen LogP contribution < -0.4 is 4.74 Å². The van der Waals surface area contributed by atoms with Crippen LogP contribution in [0.25, 0.3) is 0 Å². The lowest BCUT2D eigenvalue weighted by molar-refractivity contribution is 0.0953. The van der Waals surface area contributed by atoms with Crippen LogP contribution in [-0.4, -0.2) is 67.9 Å². The Labute approximate surface area is 132 Å². The first kappa shape index (κ1) is 17.2. The minimum absolute atomic E-state index is 0.0641. The molecule has 124 valence electrons. The zero-order valence-corrected chi connectivity index (χ0v) is 14.1. The molecule has 1 saturated heterocycles. The molecule has 1 aliphatic rings. The molecule has 1 fully saturated rings. The van der Waals surface area contributed by atoms with E-state index in [0.717, 1.165) is 11.3 Å². The van der Waals surface area contributed by atoms with Crippen LogP contribution in [0.5, 0.6) is 5.75 Å². The Morgan fingerprint density at radius 2 is 1.95 bits per heavy atom. The van der Waals surface area contributed by atoms with Crippen LogP contribution in [0, 0.1) is 0 Å². The molecule has 0 aromatic heterocycles. The molecule has 1 N–H and O–H groups in total. The quantitative estimate of drug-likeness (QED) is 0.824. The van der Waals surface area contributed by atoms with Gasteiger partial charge in [-0.25, -0.2) is 8.42 Å². The number of sulfonamides is 1. The van der Waals surface area contributed by atoms with Crippen LogP contribution in [0.2, 0.25) is 0 Å². The maximum atomic E-state index is 11.9. The summed E-state index contributed by atoms with van der Waals surface area (Å²) in [6, 6.07) is 7.53. The van der Waals surface area contributed by atoms with Gasteiger partial charge in [0.25, 0.3) is 0 Å². The van der Waals surface area contributed by atoms with Crippen molar-refractivity contribution >= 4 is 10.0 Å². The van der Waals surface area contributed by atoms with E-state index in [2.05, 4.69) is 0 Å². The summed E-state index contributed by atoms with van der Waals surface area (Å²) in [5, 5.41) is 10.2. The highest BCUT2D eigenvalue weighted by Gasteiger charge is 2.38. The van der Waals surface area contributed by atoms with Gasteiger partial charge in [0, 0.05) is 19.6 Å². The Kier molecular flexibility index (Phi) is 5.44. The average Bonchev–Trinajstić information content (AvgIpc) is 2.91. The smallest absolute Gasteiger partial charge is 0.213 e. The summed E-state index contributed by atoms with van der Waals surface area (Å²) < 4.78 is 30.4. The van der Waals surface area contributed by atoms with Crippen LogP contribution in [-0.2, 0) is 16.6 Å². The Morgan fingerprint density at radius 3 is 2.50 bits per heavy atom. The summed E-state index contributed by atoms with van der Waals surface area (Å²) in [5.74, 6) is 0.863. The number of ether oxygens (including phenoxy) is 1. The van der Waals surface area contributed by atoms with Gasteiger partial charge in [0.15, 0.2) is 0 Å². The molecule has 7 heteroatoms. The van der Waals surface area contributed by atoms with Crippen molar-refractivity contribution in [3.63, 3.8) is 0 Å². The number of rotatable bonds is 6. The lowest BCUT2D eigenvalue weighted by Crippen LogP contribution is -2.40. The Morgan fingerprint density at radius 1 is 1.32 bits per heavy atom. The van der Waals surface area contributed by atoms with E-state index in [1.807, 2.05) is 36.2 Å². The van der Waals surface area contributed by atoms with Crippen LogP contribution in [0.4, 0.5) is 0 Å². The third-order valence-electron chi connectivity index (χ3n) is 4.14. The summed E-state index contributed by atoms with van der Waals surface area (Å²) in [5.41, 5.74) is 1.09. The van der Waals surface area contributed by atoms with Crippen molar-refractivity contribution in [3.8, 4) is 5.75 Å². The Balaban J connectivity index is 2.01. The standard InChI is InChI=1S/C15H24N2O4S/c1-4-22(19,20)17-10-14(15(18)11-17)16(2)9-12-5-7-13(21-3)8-6-12/h5-8,14-15,18H,4,9-11H2,1-3H3/t14-,15-/m1/s1. The minimum atomic E-state index is -3.25. The largest absolute Gasteiger partial charge is 0.497 e. The SMILES string of the molecule is CCS(=O)(=O)N1C[C@@H](O)[C@H](N(C)Cc2ccc(OC)cc2)C1. The van der Waals surface area contributed by atoms with Gasteiger partial charge in [-0.15, -0.1) is 0 Å². The highest BCUT2D eigenvalue weighted by atomic mass is 32.2. The normalized spacial score (nSPS) is 23.1. The Bertz CT molecular complexity index is 588. The number of nitrogens with zero attached hydrogens (tertiary/aromatic N) is 2. The monoisotopic (exact) mass is 328 g/mol. The summed E-state index contributed by atoms with van der Waals surface area (Å²) >= 11 is 0. The van der Waals surface area contributed by atoms with Gasteiger partial charge in [-0.2, -0.15) is 4.31 Å². The van der Waals surface area contributed by atoms with Crippen molar-refractivity contribution in [2.45, 2.75) is 25.6 Å². The number of aliphatic hydroxyl groups excluding tert-OH is 1. The van der Waals surface area contributed by atoms with Crippen molar-refractivity contribution in [2.24, 2.45) is 0 Å². The number of β-amino-alcohol motifs (C(OH)–C–C–N with tert-alkyl or cyclic N) is 1. The van der Waals surface area contributed by atoms with E-state index in [1.54, 1.807) is 14.0 Å². The fraction of sp³-hybridized carbons (Fsp3) is 0.600. The summed E-state index contributed by atoms with van der Waals surface area (Å²) in [6.45, 7) is 2.78. The van der Waals surface area contributed by atoms with E-state index in [9.17, 15) is 13.5 Å². The first-order valence-electron chi connectivity index (χ1n) is 7.36. The molecule has 0 radical (unpaired) electrons. The van der Waals surface area contributed by atoms with Crippen LogP contribution >= 0.6 is 0 Å². The molecule has 0 bridgehead atoms. The molecule has 0 aliphatic carbocycles. The molecule has 1 aromatic carbocycles. The molecule has 1 aromatic rings. The molecular formula is C15H24N2O4S. The third kappa shape index (κ3) is 3.78. The molecule has 0 saturated carbocycles. The molecule has 0 amide bonds. The van der Waals surface area contributed by atoms with Crippen molar-refractivity contribution < 1.29 is 18.3 Å². The van der Waals surface area contributed by atoms with E-state index < -0.39 is 16.1 Å². The highest BCUT2D eigenvalue weighted by Crippen LogP contribution is 2.21. The Hall–Kier alpha value is -1.15. The molecule has 0 spiro atoms. The number of aliphatic hydroxyl groups is 1. The zero-order valence-electron chi connectivity index (χ0n) is 13.3. The van der Waals surface area contributed by atoms with E-state index in [-0.39, 0.29) is 18.3 Å². The number of benzene rings is 1. The number of hydrogen-bond acceptors (Lipinski definition) is 5. The van der Waals surface area contributed by atoms with Crippen molar-refractivity contribution in [1.82, 2.24) is 9.21 Å². The van der Waals surface area contributed by atoms with Gasteiger partial charge >= 0.3 is 0 Å². The third-order valence-corrected chi connectivity index (χ3v) is 5.96. The second kappa shape index (κ2) is 6.95. The van der Waals surface area contributed by atoms with Gasteiger partial charge in [0.05, 0.1) is 25.0 Å². The topological polar surface area (TPSA) is 70.1 Å². The van der Waals surface area contributed by atoms with Crippen molar-refractivity contribution in [1.29, 1.82) is 0 Å². The van der Waals surface area contributed by atoms with Gasteiger partial charge in [0.1, 0.15) is 5.75 Å². The fourth-order valence-corrected chi connectivity index (χ4v) is 3.84. The average molecular weight is 328 g/mol. The van der Waals surface area contributed by atoms with E-state index in [1.165, 1.54) is 4.31 Å². The molecule has 6 nitrogen and oxygen atoms in total. The zero-order chi connectivity index (χ0) is 16.3. The van der Waals surface area contributed by atoms with Crippen molar-refractivity contribution in [2.75, 3.05) is 33.0 Å². The number of methoxy groups -OCH3 is 1. The fourth-order valence-electron chi connectivity index (χ4n) is 2.71. The van der Waals surface area contributed by atoms with Crippen LogP contribution in [0.3, 0.4) is 0 Å². The second-order valence-corrected chi connectivity index (χ2v) is 7.87. The molecule has 1 heterocycles. The van der Waals surface area contributed by atoms with Gasteiger partial charge in [-0.05, 0) is 31.7 Å². The molecular weight excluding hydrogens is 304 g/mol. The maximum absolute atomic E-state index is 11.9. The van der Waals surface area contributed by atoms with Crippen molar-refractivity contribution in [3.05, 3.63) is 29.8 Å². The van der Waals surface area contributed by atoms with E-state index in [4.69, 9.17) is 4.74 Å². The maximum Gasteiger partial charge on any atom is 0.213 e. The van der Waals surface area contributed by atoms with E-state index >= 15 is 0 Å². The van der Waals surface area contributed by atoms with Gasteiger partial charge in [-0.1, -0.05) is 12.1 Å². The number of hydrogen-bond donors (Lipinski definition) is 1. The van der Waals surface area contributed by atoms with Crippen LogP contribution in [0.1, 0.15) is 12.5 Å². The second-order valence-electron chi connectivity index (χ2n) is 5.62. The lowest BCUT2D eigenvalue weighted by Gasteiger charge is -2.26. The van der Waals surface area contributed by atoms with Gasteiger partial charge in [0.2, 0.25) is 10.0 Å². The number of likely N-dealkylation sites (N-methyl/N-ethyl adjacent to an activating group) is 1. The first-order chi connectivity index (χ1) is 10.4. The molecule has 2 atom stereocenters. The first-order valence-corrected chi connectivity index (χ1v) is 8.97. The summed E-state index contributed by atoms with van der Waals surface area (Å²) in [6.07, 6.45) is -0.662. The van der Waals surface area contributed by atoms with Crippen LogP contribution in [0.15, 0.2) is 24.3 Å². The molecule has 2 rings (SSSR count). The summed E-state index contributed by atoms with van der Waals surface area (Å²) in [7, 11) is 0.278. The summed E-state index contributed by atoms with van der Waals surface area (Å²) in [4.78, 5) is 2.00. The minimum Gasteiger partial charge on any atom is -0.497 e. The predicted octanol–water partition coefficient (Wildman–Crippen LogP) is 0.522. The van der Waals surface area contributed by atoms with Gasteiger partial charge < -0.3 is 9.84 Å². The highest BCUT2D eigenvalue weighted by molar-refractivity contribution is 7.89. The molecule has 0 unspecified atom stereocenters.